The number of halogens is 1. The largest absolute Gasteiger partial charge is 0.487 e. The first-order chi connectivity index (χ1) is 15.6. The summed E-state index contributed by atoms with van der Waals surface area (Å²) in [5, 5.41) is 1.06. The van der Waals surface area contributed by atoms with Gasteiger partial charge in [-0.15, -0.1) is 0 Å². The van der Waals surface area contributed by atoms with Crippen molar-refractivity contribution in [3.8, 4) is 16.9 Å². The lowest BCUT2D eigenvalue weighted by Gasteiger charge is -2.33. The Hall–Kier alpha value is -2.99. The van der Waals surface area contributed by atoms with Crippen molar-refractivity contribution in [1.29, 1.82) is 0 Å². The highest BCUT2D eigenvalue weighted by molar-refractivity contribution is 5.88. The number of hydrogen-bond donors (Lipinski definition) is 0. The van der Waals surface area contributed by atoms with Crippen molar-refractivity contribution in [3.05, 3.63) is 60.0 Å². The van der Waals surface area contributed by atoms with Crippen LogP contribution in [0.5, 0.6) is 5.75 Å². The molecule has 1 amide bonds. The first-order valence-electron chi connectivity index (χ1n) is 11.3. The van der Waals surface area contributed by atoms with E-state index in [1.807, 2.05) is 42.2 Å². The molecule has 1 atom stereocenters. The highest BCUT2D eigenvalue weighted by Gasteiger charge is 2.31. The molecule has 0 bridgehead atoms. The fraction of sp³-hybridized carbons (Fsp3) is 0.385. The molecular weight excluding hydrogens is 407 g/mol. The molecule has 3 heterocycles. The molecule has 0 radical (unpaired) electrons. The maximum absolute atomic E-state index is 14.9. The topological polar surface area (TPSA) is 51.7 Å². The second-order valence-electron chi connectivity index (χ2n) is 8.60. The lowest BCUT2D eigenvalue weighted by molar-refractivity contribution is -0.142. The summed E-state index contributed by atoms with van der Waals surface area (Å²) in [5.41, 5.74) is 3.70. The van der Waals surface area contributed by atoms with Gasteiger partial charge < -0.3 is 14.4 Å². The standard InChI is InChI=1S/C26H27FN2O3/c1-17-20-5-2-3-6-23(20)28-16-21(17)18-8-9-24(22(27)15-18)32-19-10-12-29(13-11-19)26(30)25-7-4-14-31-25/h2-3,5-6,8-9,15-16,19,25H,4,7,10-14H2,1H3. The summed E-state index contributed by atoms with van der Waals surface area (Å²) in [6.45, 7) is 3.93. The molecule has 1 unspecified atom stereocenters. The molecule has 0 aliphatic carbocycles. The molecule has 2 saturated heterocycles. The molecule has 0 spiro atoms. The minimum absolute atomic E-state index is 0.0795. The van der Waals surface area contributed by atoms with Gasteiger partial charge in [-0.1, -0.05) is 24.3 Å². The Morgan fingerprint density at radius 2 is 1.97 bits per heavy atom. The molecule has 6 heteroatoms. The van der Waals surface area contributed by atoms with E-state index in [4.69, 9.17) is 9.47 Å². The average molecular weight is 435 g/mol. The Labute approximate surface area is 187 Å². The monoisotopic (exact) mass is 434 g/mol. The number of ether oxygens (including phenoxy) is 2. The van der Waals surface area contributed by atoms with Crippen molar-refractivity contribution in [2.24, 2.45) is 0 Å². The van der Waals surface area contributed by atoms with E-state index in [2.05, 4.69) is 4.98 Å². The number of carbonyl (C=O) groups excluding carboxylic acids is 1. The van der Waals surface area contributed by atoms with Gasteiger partial charge in [0.05, 0.1) is 5.52 Å². The zero-order valence-corrected chi connectivity index (χ0v) is 18.2. The first-order valence-corrected chi connectivity index (χ1v) is 11.3. The van der Waals surface area contributed by atoms with Crippen molar-refractivity contribution in [2.45, 2.75) is 44.8 Å². The van der Waals surface area contributed by atoms with Crippen LogP contribution < -0.4 is 4.74 Å². The van der Waals surface area contributed by atoms with E-state index < -0.39 is 0 Å². The number of likely N-dealkylation sites (tertiary alicyclic amines) is 1. The SMILES string of the molecule is Cc1c(-c2ccc(OC3CCN(C(=O)C4CCCO4)CC3)c(F)c2)cnc2ccccc12. The van der Waals surface area contributed by atoms with Crippen LogP contribution in [0.2, 0.25) is 0 Å². The maximum atomic E-state index is 14.9. The lowest BCUT2D eigenvalue weighted by Crippen LogP contribution is -2.45. The zero-order chi connectivity index (χ0) is 22.1. The van der Waals surface area contributed by atoms with Gasteiger partial charge in [0.1, 0.15) is 12.2 Å². The molecule has 2 fully saturated rings. The smallest absolute Gasteiger partial charge is 0.251 e. The molecule has 2 aliphatic heterocycles. The Morgan fingerprint density at radius 3 is 2.72 bits per heavy atom. The number of carbonyl (C=O) groups is 1. The van der Waals surface area contributed by atoms with Crippen LogP contribution in [0.3, 0.4) is 0 Å². The highest BCUT2D eigenvalue weighted by atomic mass is 19.1. The van der Waals surface area contributed by atoms with Crippen LogP contribution in [0.15, 0.2) is 48.7 Å². The number of aryl methyl sites for hydroxylation is 1. The van der Waals surface area contributed by atoms with Gasteiger partial charge in [0.25, 0.3) is 5.91 Å². The Balaban J connectivity index is 1.26. The number of fused-ring (bicyclic) bond motifs is 1. The summed E-state index contributed by atoms with van der Waals surface area (Å²) in [6, 6.07) is 13.1. The second-order valence-corrected chi connectivity index (χ2v) is 8.60. The number of amides is 1. The van der Waals surface area contributed by atoms with Crippen LogP contribution in [-0.4, -0.2) is 47.7 Å². The third kappa shape index (κ3) is 4.07. The summed E-state index contributed by atoms with van der Waals surface area (Å²) in [5.74, 6) is -0.0483. The Kier molecular flexibility index (Phi) is 5.79. The molecular formula is C26H27FN2O3. The predicted molar refractivity (Wildman–Crippen MR) is 121 cm³/mol. The average Bonchev–Trinajstić information content (AvgIpc) is 3.36. The Morgan fingerprint density at radius 1 is 1.16 bits per heavy atom. The van der Waals surface area contributed by atoms with Gasteiger partial charge >= 0.3 is 0 Å². The number of piperidine rings is 1. The summed E-state index contributed by atoms with van der Waals surface area (Å²) >= 11 is 0. The number of benzene rings is 2. The van der Waals surface area contributed by atoms with E-state index in [0.29, 0.717) is 32.5 Å². The summed E-state index contributed by atoms with van der Waals surface area (Å²) in [4.78, 5) is 18.9. The molecule has 3 aromatic rings. The van der Waals surface area contributed by atoms with Gasteiger partial charge in [0, 0.05) is 49.7 Å². The predicted octanol–water partition coefficient (Wildman–Crippen LogP) is 4.90. The van der Waals surface area contributed by atoms with Crippen LogP contribution in [-0.2, 0) is 9.53 Å². The van der Waals surface area contributed by atoms with E-state index in [1.165, 1.54) is 6.07 Å². The molecule has 2 aromatic carbocycles. The highest BCUT2D eigenvalue weighted by Crippen LogP contribution is 2.32. The van der Waals surface area contributed by atoms with E-state index in [9.17, 15) is 9.18 Å². The van der Waals surface area contributed by atoms with Crippen LogP contribution in [0.4, 0.5) is 4.39 Å². The van der Waals surface area contributed by atoms with E-state index >= 15 is 0 Å². The third-order valence-electron chi connectivity index (χ3n) is 6.54. The number of hydrogen-bond acceptors (Lipinski definition) is 4. The van der Waals surface area contributed by atoms with Gasteiger partial charge in [-0.05, 0) is 49.1 Å². The van der Waals surface area contributed by atoms with Crippen LogP contribution in [0.25, 0.3) is 22.0 Å². The van der Waals surface area contributed by atoms with Crippen molar-refractivity contribution in [2.75, 3.05) is 19.7 Å². The summed E-state index contributed by atoms with van der Waals surface area (Å²) in [6.07, 6.45) is 4.53. The molecule has 0 saturated carbocycles. The van der Waals surface area contributed by atoms with Crippen molar-refractivity contribution in [3.63, 3.8) is 0 Å². The van der Waals surface area contributed by atoms with E-state index in [0.717, 1.165) is 40.4 Å². The third-order valence-corrected chi connectivity index (χ3v) is 6.54. The summed E-state index contributed by atoms with van der Waals surface area (Å²) in [7, 11) is 0. The number of para-hydroxylation sites is 1. The van der Waals surface area contributed by atoms with Crippen LogP contribution in [0.1, 0.15) is 31.2 Å². The zero-order valence-electron chi connectivity index (χ0n) is 18.2. The molecule has 5 nitrogen and oxygen atoms in total. The number of pyridine rings is 1. The van der Waals surface area contributed by atoms with Crippen LogP contribution >= 0.6 is 0 Å². The van der Waals surface area contributed by atoms with Gasteiger partial charge in [-0.25, -0.2) is 4.39 Å². The lowest BCUT2D eigenvalue weighted by atomic mass is 9.99. The number of aromatic nitrogens is 1. The van der Waals surface area contributed by atoms with Gasteiger partial charge in [0.15, 0.2) is 11.6 Å². The van der Waals surface area contributed by atoms with Crippen LogP contribution in [0, 0.1) is 12.7 Å². The van der Waals surface area contributed by atoms with Gasteiger partial charge in [-0.3, -0.25) is 9.78 Å². The quantitative estimate of drug-likeness (QED) is 0.586. The normalized spacial score (nSPS) is 19.4. The number of rotatable bonds is 4. The minimum Gasteiger partial charge on any atom is -0.487 e. The minimum atomic E-state index is -0.382. The molecule has 32 heavy (non-hydrogen) atoms. The molecule has 166 valence electrons. The Bertz CT molecular complexity index is 1140. The molecule has 1 aromatic heterocycles. The molecule has 2 aliphatic rings. The van der Waals surface area contributed by atoms with Gasteiger partial charge in [-0.2, -0.15) is 0 Å². The van der Waals surface area contributed by atoms with E-state index in [1.54, 1.807) is 12.3 Å². The van der Waals surface area contributed by atoms with Crippen molar-refractivity contribution in [1.82, 2.24) is 9.88 Å². The molecule has 0 N–H and O–H groups in total. The summed E-state index contributed by atoms with van der Waals surface area (Å²) < 4.78 is 26.4. The van der Waals surface area contributed by atoms with Crippen molar-refractivity contribution < 1.29 is 18.7 Å². The van der Waals surface area contributed by atoms with Gasteiger partial charge in [0.2, 0.25) is 0 Å². The first kappa shape index (κ1) is 20.9. The van der Waals surface area contributed by atoms with Crippen molar-refractivity contribution >= 4 is 16.8 Å². The maximum Gasteiger partial charge on any atom is 0.251 e. The second kappa shape index (κ2) is 8.87. The fourth-order valence-corrected chi connectivity index (χ4v) is 4.68. The number of nitrogens with zero attached hydrogens (tertiary/aromatic N) is 2. The fourth-order valence-electron chi connectivity index (χ4n) is 4.68. The molecule has 5 rings (SSSR count). The van der Waals surface area contributed by atoms with E-state index in [-0.39, 0.29) is 29.7 Å².